The maximum Gasteiger partial charge on any atom is 0.305 e. The van der Waals surface area contributed by atoms with E-state index >= 15 is 0 Å². The quantitative estimate of drug-likeness (QED) is 0.0863. The molecule has 274 valence electrons. The Kier molecular flexibility index (Phi) is 26.7. The summed E-state index contributed by atoms with van der Waals surface area (Å²) in [6.45, 7) is 11.8. The molecule has 0 aliphatic heterocycles. The lowest BCUT2D eigenvalue weighted by molar-refractivity contribution is -0.140. The van der Waals surface area contributed by atoms with E-state index in [1.54, 1.807) is 0 Å². The highest BCUT2D eigenvalue weighted by atomic mass is 16.5. The van der Waals surface area contributed by atoms with Gasteiger partial charge in [-0.15, -0.1) is 0 Å². The maximum atomic E-state index is 11.5. The number of hydrogen-bond acceptors (Lipinski definition) is 12. The second-order valence-corrected chi connectivity index (χ2v) is 11.6. The van der Waals surface area contributed by atoms with Crippen molar-refractivity contribution in [3.63, 3.8) is 0 Å². The van der Waals surface area contributed by atoms with E-state index in [1.165, 1.54) is 7.11 Å². The molecule has 0 fully saturated rings. The topological polar surface area (TPSA) is 216 Å². The Morgan fingerprint density at radius 3 is 1.46 bits per heavy atom. The molecule has 2 rings (SSSR count). The van der Waals surface area contributed by atoms with Crippen LogP contribution in [0.1, 0.15) is 51.7 Å². The zero-order valence-electron chi connectivity index (χ0n) is 29.6. The molecule has 0 radical (unpaired) electrons. The molecule has 2 unspecified atom stereocenters. The molecular formula is C35H62N6O7. The molecule has 0 aromatic heterocycles. The highest BCUT2D eigenvalue weighted by Crippen LogP contribution is 2.15. The number of benzene rings is 2. The van der Waals surface area contributed by atoms with Gasteiger partial charge in [0.15, 0.2) is 0 Å². The largest absolute Gasteiger partial charge is 0.491 e. The van der Waals surface area contributed by atoms with E-state index in [1.807, 2.05) is 76.2 Å². The molecule has 2 aromatic carbocycles. The van der Waals surface area contributed by atoms with Crippen molar-refractivity contribution < 1.29 is 34.0 Å². The van der Waals surface area contributed by atoms with Crippen LogP contribution in [0.25, 0.3) is 0 Å². The van der Waals surface area contributed by atoms with Crippen LogP contribution in [-0.2, 0) is 27.2 Å². The average molecular weight is 679 g/mol. The molecule has 13 heteroatoms. The van der Waals surface area contributed by atoms with Crippen LogP contribution in [0.15, 0.2) is 48.5 Å². The lowest BCUT2D eigenvalue weighted by Gasteiger charge is -2.15. The molecule has 2 aromatic rings. The third kappa shape index (κ3) is 25.7. The van der Waals surface area contributed by atoms with Crippen molar-refractivity contribution in [2.45, 2.75) is 77.7 Å². The SMILES string of the molecule is CC(C)NCC(O)COc1ccc(CCC(=O)NCCN)cc1.COC(=O)CCc1ccc(OCC(O)CNC(C)C)cc1.NCCN. The summed E-state index contributed by atoms with van der Waals surface area (Å²) in [5, 5.41) is 28.6. The molecule has 0 saturated heterocycles. The minimum atomic E-state index is -0.539. The van der Waals surface area contributed by atoms with Crippen molar-refractivity contribution in [3.8, 4) is 11.5 Å². The van der Waals surface area contributed by atoms with Crippen LogP contribution in [0, 0.1) is 0 Å². The summed E-state index contributed by atoms with van der Waals surface area (Å²) in [4.78, 5) is 22.6. The number of hydrogen-bond donors (Lipinski definition) is 8. The van der Waals surface area contributed by atoms with Gasteiger partial charge in [0.2, 0.25) is 5.91 Å². The Morgan fingerprint density at radius 1 is 0.688 bits per heavy atom. The molecule has 11 N–H and O–H groups in total. The van der Waals surface area contributed by atoms with Crippen LogP contribution >= 0.6 is 0 Å². The van der Waals surface area contributed by atoms with Crippen molar-refractivity contribution in [2.75, 3.05) is 59.6 Å². The number of aliphatic hydroxyl groups excluding tert-OH is 2. The number of amides is 1. The number of aliphatic hydroxyl groups is 2. The Bertz CT molecular complexity index is 1070. The van der Waals surface area contributed by atoms with Gasteiger partial charge in [-0.3, -0.25) is 9.59 Å². The molecule has 0 bridgehead atoms. The molecule has 0 spiro atoms. The number of ether oxygens (including phenoxy) is 3. The second kappa shape index (κ2) is 28.7. The van der Waals surface area contributed by atoms with Crippen LogP contribution in [-0.4, -0.2) is 106 Å². The number of nitrogens with one attached hydrogen (secondary N) is 3. The summed E-state index contributed by atoms with van der Waals surface area (Å²) in [5.41, 5.74) is 17.3. The van der Waals surface area contributed by atoms with Crippen LogP contribution in [0.3, 0.4) is 0 Å². The third-order valence-corrected chi connectivity index (χ3v) is 6.37. The highest BCUT2D eigenvalue weighted by molar-refractivity contribution is 5.76. The Morgan fingerprint density at radius 2 is 1.10 bits per heavy atom. The van der Waals surface area contributed by atoms with E-state index in [0.29, 0.717) is 88.5 Å². The van der Waals surface area contributed by atoms with Crippen molar-refractivity contribution >= 4 is 11.9 Å². The van der Waals surface area contributed by atoms with E-state index in [2.05, 4.69) is 20.7 Å². The van der Waals surface area contributed by atoms with Gasteiger partial charge in [0.25, 0.3) is 0 Å². The first kappa shape index (κ1) is 44.7. The fourth-order valence-electron chi connectivity index (χ4n) is 3.66. The van der Waals surface area contributed by atoms with Crippen molar-refractivity contribution in [1.82, 2.24) is 16.0 Å². The first-order valence-corrected chi connectivity index (χ1v) is 16.6. The van der Waals surface area contributed by atoms with Crippen LogP contribution in [0.5, 0.6) is 11.5 Å². The first-order chi connectivity index (χ1) is 22.9. The van der Waals surface area contributed by atoms with Gasteiger partial charge in [-0.05, 0) is 48.2 Å². The third-order valence-electron chi connectivity index (χ3n) is 6.37. The van der Waals surface area contributed by atoms with E-state index in [9.17, 15) is 19.8 Å². The van der Waals surface area contributed by atoms with Gasteiger partial charge in [0.05, 0.1) is 7.11 Å². The minimum absolute atomic E-state index is 0.0107. The van der Waals surface area contributed by atoms with Gasteiger partial charge < -0.3 is 57.6 Å². The highest BCUT2D eigenvalue weighted by Gasteiger charge is 2.08. The van der Waals surface area contributed by atoms with E-state index in [4.69, 9.17) is 26.7 Å². The van der Waals surface area contributed by atoms with Gasteiger partial charge in [-0.2, -0.15) is 0 Å². The van der Waals surface area contributed by atoms with Crippen molar-refractivity contribution in [1.29, 1.82) is 0 Å². The van der Waals surface area contributed by atoms with Crippen LogP contribution < -0.4 is 42.6 Å². The maximum absolute atomic E-state index is 11.5. The molecule has 2 atom stereocenters. The molecule has 0 saturated carbocycles. The van der Waals surface area contributed by atoms with E-state index in [-0.39, 0.29) is 25.1 Å². The summed E-state index contributed by atoms with van der Waals surface area (Å²) in [6, 6.07) is 15.8. The van der Waals surface area contributed by atoms with Crippen molar-refractivity contribution in [3.05, 3.63) is 59.7 Å². The van der Waals surface area contributed by atoms with E-state index < -0.39 is 12.2 Å². The second-order valence-electron chi connectivity index (χ2n) is 11.6. The fraction of sp³-hybridized carbons (Fsp3) is 0.600. The number of esters is 1. The first-order valence-electron chi connectivity index (χ1n) is 16.6. The smallest absolute Gasteiger partial charge is 0.305 e. The van der Waals surface area contributed by atoms with Gasteiger partial charge in [0, 0.05) is 64.2 Å². The predicted octanol–water partition coefficient (Wildman–Crippen LogP) is 0.866. The lowest BCUT2D eigenvalue weighted by atomic mass is 10.1. The van der Waals surface area contributed by atoms with Gasteiger partial charge in [-0.1, -0.05) is 52.0 Å². The Balaban J connectivity index is 0.000000830. The number of carbonyl (C=O) groups excluding carboxylic acids is 2. The number of methoxy groups -OCH3 is 1. The van der Waals surface area contributed by atoms with Crippen LogP contribution in [0.4, 0.5) is 0 Å². The number of nitrogens with two attached hydrogens (primary N) is 3. The summed E-state index contributed by atoms with van der Waals surface area (Å²) >= 11 is 0. The monoisotopic (exact) mass is 678 g/mol. The normalized spacial score (nSPS) is 11.8. The summed E-state index contributed by atoms with van der Waals surface area (Å²) in [7, 11) is 1.39. The Hall–Kier alpha value is -3.30. The molecule has 13 nitrogen and oxygen atoms in total. The minimum Gasteiger partial charge on any atom is -0.491 e. The summed E-state index contributed by atoms with van der Waals surface area (Å²) in [5.74, 6) is 1.22. The van der Waals surface area contributed by atoms with Gasteiger partial charge >= 0.3 is 5.97 Å². The number of carbonyl (C=O) groups is 2. The summed E-state index contributed by atoms with van der Waals surface area (Å²) < 4.78 is 15.7. The Labute approximate surface area is 287 Å². The standard InChI is InChI=1S/C17H29N3O3.C16H25NO4.C2H8N2/c1-13(2)20-11-15(21)12-23-16-6-3-14(4-7-16)5-8-17(22)19-10-9-18;1-12(2)17-10-14(18)11-21-15-7-4-13(5-8-15)6-9-16(19)20-3;3-1-2-4/h3-4,6-7,13,15,20-21H,5,8-12,18H2,1-2H3,(H,19,22);4-5,7-8,12,14,17-18H,6,9-11H2,1-3H3;1-4H2. The molecule has 0 heterocycles. The number of aryl methyl sites for hydroxylation is 2. The number of rotatable bonds is 21. The van der Waals surface area contributed by atoms with Gasteiger partial charge in [0.1, 0.15) is 36.9 Å². The molecule has 48 heavy (non-hydrogen) atoms. The molecular weight excluding hydrogens is 616 g/mol. The van der Waals surface area contributed by atoms with Gasteiger partial charge in [-0.25, -0.2) is 0 Å². The van der Waals surface area contributed by atoms with Crippen molar-refractivity contribution in [2.24, 2.45) is 17.2 Å². The van der Waals surface area contributed by atoms with Crippen LogP contribution in [0.2, 0.25) is 0 Å². The molecule has 1 amide bonds. The zero-order valence-corrected chi connectivity index (χ0v) is 29.6. The average Bonchev–Trinajstić information content (AvgIpc) is 3.09. The van der Waals surface area contributed by atoms with E-state index in [0.717, 1.165) is 11.1 Å². The summed E-state index contributed by atoms with van der Waals surface area (Å²) in [6.07, 6.45) is 1.07. The fourth-order valence-corrected chi connectivity index (χ4v) is 3.66. The molecule has 0 aliphatic carbocycles. The predicted molar refractivity (Wildman–Crippen MR) is 191 cm³/mol. The zero-order chi connectivity index (χ0) is 36.2. The lowest BCUT2D eigenvalue weighted by Crippen LogP contribution is -2.35. The molecule has 0 aliphatic rings.